The Labute approximate surface area is 185 Å². The normalized spacial score (nSPS) is 11.4. The van der Waals surface area contributed by atoms with Gasteiger partial charge in [0.15, 0.2) is 11.0 Å². The molecule has 3 aromatic rings. The quantitative estimate of drug-likeness (QED) is 0.493. The first-order valence-corrected chi connectivity index (χ1v) is 11.8. The molecule has 3 N–H and O–H groups in total. The van der Waals surface area contributed by atoms with Crippen LogP contribution in [0.3, 0.4) is 0 Å². The number of primary sulfonamides is 1. The molecule has 1 aromatic heterocycles. The number of carbonyl (C=O) groups excluding carboxylic acids is 1. The van der Waals surface area contributed by atoms with Gasteiger partial charge < -0.3 is 14.6 Å². The summed E-state index contributed by atoms with van der Waals surface area (Å²) in [4.78, 5) is 12.2. The molecule has 9 nitrogen and oxygen atoms in total. The predicted octanol–water partition coefficient (Wildman–Crippen LogP) is 2.39. The highest BCUT2D eigenvalue weighted by atomic mass is 32.2. The summed E-state index contributed by atoms with van der Waals surface area (Å²) in [5.41, 5.74) is 2.69. The number of ether oxygens (including phenoxy) is 1. The average Bonchev–Trinajstić information content (AvgIpc) is 3.05. The number of hydrogen-bond acceptors (Lipinski definition) is 7. The highest BCUT2D eigenvalue weighted by Crippen LogP contribution is 2.21. The number of carbonyl (C=O) groups is 1. The van der Waals surface area contributed by atoms with Crippen LogP contribution in [0.5, 0.6) is 5.75 Å². The van der Waals surface area contributed by atoms with Crippen molar-refractivity contribution in [2.24, 2.45) is 12.2 Å². The van der Waals surface area contributed by atoms with E-state index in [1.54, 1.807) is 4.57 Å². The second-order valence-corrected chi connectivity index (χ2v) is 9.43. The van der Waals surface area contributed by atoms with E-state index in [0.29, 0.717) is 16.7 Å². The van der Waals surface area contributed by atoms with Crippen LogP contribution in [0.1, 0.15) is 17.0 Å². The molecule has 0 aliphatic carbocycles. The van der Waals surface area contributed by atoms with Crippen molar-refractivity contribution in [2.75, 3.05) is 11.1 Å². The number of rotatable bonds is 8. The molecule has 11 heteroatoms. The van der Waals surface area contributed by atoms with Crippen LogP contribution in [0.25, 0.3) is 0 Å². The van der Waals surface area contributed by atoms with Gasteiger partial charge in [-0.2, -0.15) is 0 Å². The number of nitrogens with two attached hydrogens (primary N) is 1. The molecular formula is C20H23N5O4S2. The standard InChI is InChI=1S/C20H23N5O4S2/c1-13-4-9-17(14(2)10-13)29-11-18-23-24-20(25(18)3)30-12-19(26)22-15-5-7-16(8-6-15)31(21,27)28/h4-10H,11-12H2,1-3H3,(H,22,26)(H2,21,27,28). The molecule has 0 saturated carbocycles. The number of aryl methyl sites for hydroxylation is 2. The van der Waals surface area contributed by atoms with E-state index in [2.05, 4.69) is 15.5 Å². The van der Waals surface area contributed by atoms with Crippen LogP contribution in [0.4, 0.5) is 5.69 Å². The second kappa shape index (κ2) is 9.50. The molecule has 1 heterocycles. The monoisotopic (exact) mass is 461 g/mol. The average molecular weight is 462 g/mol. The lowest BCUT2D eigenvalue weighted by Crippen LogP contribution is -2.15. The fraction of sp³-hybridized carbons (Fsp3) is 0.250. The van der Waals surface area contributed by atoms with Crippen LogP contribution in [0, 0.1) is 13.8 Å². The van der Waals surface area contributed by atoms with E-state index in [4.69, 9.17) is 9.88 Å². The lowest BCUT2D eigenvalue weighted by molar-refractivity contribution is -0.113. The summed E-state index contributed by atoms with van der Waals surface area (Å²) in [6, 6.07) is 11.6. The van der Waals surface area contributed by atoms with Gasteiger partial charge in [-0.1, -0.05) is 29.5 Å². The van der Waals surface area contributed by atoms with Crippen LogP contribution >= 0.6 is 11.8 Å². The maximum absolute atomic E-state index is 12.2. The molecule has 0 aliphatic heterocycles. The molecule has 164 valence electrons. The summed E-state index contributed by atoms with van der Waals surface area (Å²) < 4.78 is 30.2. The van der Waals surface area contributed by atoms with E-state index in [0.717, 1.165) is 11.3 Å². The minimum absolute atomic E-state index is 0.0189. The molecule has 0 atom stereocenters. The van der Waals surface area contributed by atoms with Crippen molar-refractivity contribution in [2.45, 2.75) is 30.5 Å². The van der Waals surface area contributed by atoms with Crippen molar-refractivity contribution < 1.29 is 17.9 Å². The van der Waals surface area contributed by atoms with E-state index < -0.39 is 10.0 Å². The zero-order valence-electron chi connectivity index (χ0n) is 17.3. The molecule has 0 spiro atoms. The van der Waals surface area contributed by atoms with Crippen LogP contribution < -0.4 is 15.2 Å². The SMILES string of the molecule is Cc1ccc(OCc2nnc(SCC(=O)Nc3ccc(S(N)(=O)=O)cc3)n2C)c(C)c1. The van der Waals surface area contributed by atoms with E-state index in [1.165, 1.54) is 41.6 Å². The topological polar surface area (TPSA) is 129 Å². The third-order valence-electron chi connectivity index (χ3n) is 4.41. The summed E-state index contributed by atoms with van der Waals surface area (Å²) in [6.07, 6.45) is 0. The first-order chi connectivity index (χ1) is 14.6. The van der Waals surface area contributed by atoms with Crippen molar-refractivity contribution in [3.05, 3.63) is 59.4 Å². The maximum Gasteiger partial charge on any atom is 0.238 e. The first-order valence-electron chi connectivity index (χ1n) is 9.27. The highest BCUT2D eigenvalue weighted by Gasteiger charge is 2.13. The van der Waals surface area contributed by atoms with Crippen LogP contribution in [-0.4, -0.2) is 34.8 Å². The summed E-state index contributed by atoms with van der Waals surface area (Å²) in [5.74, 6) is 1.28. The van der Waals surface area contributed by atoms with Crippen molar-refractivity contribution in [1.29, 1.82) is 0 Å². The Morgan fingerprint density at radius 3 is 2.52 bits per heavy atom. The maximum atomic E-state index is 12.2. The van der Waals surface area contributed by atoms with Crippen molar-refractivity contribution in [3.63, 3.8) is 0 Å². The Kier molecular flexibility index (Phi) is 6.98. The Morgan fingerprint density at radius 2 is 1.87 bits per heavy atom. The van der Waals surface area contributed by atoms with Gasteiger partial charge in [0.05, 0.1) is 10.6 Å². The first kappa shape index (κ1) is 22.8. The molecule has 0 aliphatic rings. The number of benzene rings is 2. The largest absolute Gasteiger partial charge is 0.485 e. The number of nitrogens with one attached hydrogen (secondary N) is 1. The van der Waals surface area contributed by atoms with Crippen LogP contribution in [0.15, 0.2) is 52.5 Å². The van der Waals surface area contributed by atoms with Crippen molar-refractivity contribution in [3.8, 4) is 5.75 Å². The number of thioether (sulfide) groups is 1. The zero-order chi connectivity index (χ0) is 22.6. The third-order valence-corrected chi connectivity index (χ3v) is 6.36. The number of sulfonamides is 1. The molecule has 0 radical (unpaired) electrons. The second-order valence-electron chi connectivity index (χ2n) is 6.92. The smallest absolute Gasteiger partial charge is 0.238 e. The number of hydrogen-bond donors (Lipinski definition) is 2. The summed E-state index contributed by atoms with van der Waals surface area (Å²) in [5, 5.41) is 16.6. The lowest BCUT2D eigenvalue weighted by atomic mass is 10.1. The van der Waals surface area contributed by atoms with Crippen molar-refractivity contribution >= 4 is 33.4 Å². The van der Waals surface area contributed by atoms with E-state index in [9.17, 15) is 13.2 Å². The van der Waals surface area contributed by atoms with Gasteiger partial charge in [0.25, 0.3) is 0 Å². The fourth-order valence-electron chi connectivity index (χ4n) is 2.76. The van der Waals surface area contributed by atoms with Crippen molar-refractivity contribution in [1.82, 2.24) is 14.8 Å². The molecule has 1 amide bonds. The Morgan fingerprint density at radius 1 is 1.16 bits per heavy atom. The third kappa shape index (κ3) is 6.06. The molecular weight excluding hydrogens is 438 g/mol. The number of aromatic nitrogens is 3. The van der Waals surface area contributed by atoms with Crippen LogP contribution in [-0.2, 0) is 28.5 Å². The molecule has 0 bridgehead atoms. The van der Waals surface area contributed by atoms with E-state index in [-0.39, 0.29) is 23.2 Å². The molecule has 0 unspecified atom stereocenters. The fourth-order valence-corrected chi connectivity index (χ4v) is 4.00. The number of nitrogens with zero attached hydrogens (tertiary/aromatic N) is 3. The van der Waals surface area contributed by atoms with Gasteiger partial charge in [-0.25, -0.2) is 13.6 Å². The molecule has 2 aromatic carbocycles. The van der Waals surface area contributed by atoms with Gasteiger partial charge in [0.2, 0.25) is 15.9 Å². The van der Waals surface area contributed by atoms with Gasteiger partial charge in [0.1, 0.15) is 12.4 Å². The van der Waals surface area contributed by atoms with Gasteiger partial charge >= 0.3 is 0 Å². The minimum atomic E-state index is -3.77. The molecule has 3 rings (SSSR count). The van der Waals surface area contributed by atoms with Crippen LogP contribution in [0.2, 0.25) is 0 Å². The minimum Gasteiger partial charge on any atom is -0.485 e. The van der Waals surface area contributed by atoms with Gasteiger partial charge in [-0.05, 0) is 49.7 Å². The molecule has 31 heavy (non-hydrogen) atoms. The Bertz CT molecular complexity index is 1190. The number of amides is 1. The summed E-state index contributed by atoms with van der Waals surface area (Å²) in [7, 11) is -1.96. The van der Waals surface area contributed by atoms with E-state index >= 15 is 0 Å². The summed E-state index contributed by atoms with van der Waals surface area (Å²) in [6.45, 7) is 4.27. The van der Waals surface area contributed by atoms with E-state index in [1.807, 2.05) is 39.1 Å². The van der Waals surface area contributed by atoms with Gasteiger partial charge in [-0.3, -0.25) is 4.79 Å². The number of anilines is 1. The molecule has 0 saturated heterocycles. The van der Waals surface area contributed by atoms with Gasteiger partial charge in [0, 0.05) is 12.7 Å². The summed E-state index contributed by atoms with van der Waals surface area (Å²) >= 11 is 1.24. The zero-order valence-corrected chi connectivity index (χ0v) is 19.0. The molecule has 0 fully saturated rings. The predicted molar refractivity (Wildman–Crippen MR) is 118 cm³/mol. The van der Waals surface area contributed by atoms with Gasteiger partial charge in [-0.15, -0.1) is 10.2 Å². The Balaban J connectivity index is 1.54. The highest BCUT2D eigenvalue weighted by molar-refractivity contribution is 7.99. The lowest BCUT2D eigenvalue weighted by Gasteiger charge is -2.09. The Hall–Kier alpha value is -2.89.